The monoisotopic (exact) mass is 417 g/mol. The molecule has 0 bridgehead atoms. The van der Waals surface area contributed by atoms with E-state index >= 15 is 0 Å². The number of hydrogen-bond acceptors (Lipinski definition) is 5. The van der Waals surface area contributed by atoms with Crippen molar-refractivity contribution in [1.29, 1.82) is 0 Å². The number of thiazole rings is 1. The van der Waals surface area contributed by atoms with Crippen LogP contribution in [0.4, 0.5) is 11.1 Å². The summed E-state index contributed by atoms with van der Waals surface area (Å²) in [6.45, 7) is 5.32. The van der Waals surface area contributed by atoms with E-state index in [0.29, 0.717) is 6.54 Å². The summed E-state index contributed by atoms with van der Waals surface area (Å²) >= 11 is 1.73. The molecule has 1 unspecified atom stereocenters. The van der Waals surface area contributed by atoms with Crippen LogP contribution in [0, 0.1) is 12.8 Å². The number of amides is 1. The first kappa shape index (κ1) is 17.9. The fourth-order valence-corrected chi connectivity index (χ4v) is 5.82. The number of hydrogen-bond donors (Lipinski definition) is 0. The molecular weight excluding hydrogens is 394 g/mol. The van der Waals surface area contributed by atoms with Crippen LogP contribution in [0.2, 0.25) is 0 Å². The summed E-state index contributed by atoms with van der Waals surface area (Å²) in [5.74, 6) is 0.985. The number of para-hydroxylation sites is 2. The zero-order valence-corrected chi connectivity index (χ0v) is 17.7. The fourth-order valence-electron chi connectivity index (χ4n) is 4.73. The Morgan fingerprint density at radius 3 is 2.90 bits per heavy atom. The maximum absolute atomic E-state index is 13.5. The molecule has 2 aliphatic heterocycles. The number of anilines is 2. The van der Waals surface area contributed by atoms with Gasteiger partial charge in [-0.25, -0.2) is 9.97 Å². The van der Waals surface area contributed by atoms with Crippen LogP contribution < -0.4 is 9.80 Å². The first-order valence-corrected chi connectivity index (χ1v) is 11.4. The minimum absolute atomic E-state index is 0.0149. The number of carbonyl (C=O) groups is 1. The molecule has 0 N–H and O–H groups in total. The zero-order valence-electron chi connectivity index (χ0n) is 16.9. The molecule has 1 saturated heterocycles. The zero-order chi connectivity index (χ0) is 20.2. The van der Waals surface area contributed by atoms with E-state index in [0.717, 1.165) is 60.1 Å². The lowest BCUT2D eigenvalue weighted by molar-refractivity contribution is -0.122. The molecule has 2 aromatic heterocycles. The van der Waals surface area contributed by atoms with Gasteiger partial charge >= 0.3 is 0 Å². The van der Waals surface area contributed by atoms with Gasteiger partial charge in [-0.05, 0) is 49.6 Å². The number of piperidine rings is 1. The smallest absolute Gasteiger partial charge is 0.234 e. The highest BCUT2D eigenvalue weighted by Crippen LogP contribution is 2.34. The Morgan fingerprint density at radius 2 is 1.97 bits per heavy atom. The number of aryl methyl sites for hydroxylation is 1. The highest BCUT2D eigenvalue weighted by molar-refractivity contribution is 7.22. The van der Waals surface area contributed by atoms with Gasteiger partial charge in [-0.15, -0.1) is 0 Å². The average Bonchev–Trinajstić information content (AvgIpc) is 3.46. The van der Waals surface area contributed by atoms with E-state index in [1.54, 1.807) is 11.3 Å². The lowest BCUT2D eigenvalue weighted by Crippen LogP contribution is -2.44. The number of aromatic nitrogens is 3. The second-order valence-corrected chi connectivity index (χ2v) is 9.30. The van der Waals surface area contributed by atoms with Crippen LogP contribution >= 0.6 is 11.3 Å². The average molecular weight is 418 g/mol. The molecule has 7 heteroatoms. The van der Waals surface area contributed by atoms with Crippen molar-refractivity contribution in [3.8, 4) is 0 Å². The Hall–Kier alpha value is -2.93. The third kappa shape index (κ3) is 2.80. The van der Waals surface area contributed by atoms with Gasteiger partial charge < -0.3 is 9.47 Å². The number of benzene rings is 2. The Labute approximate surface area is 178 Å². The summed E-state index contributed by atoms with van der Waals surface area (Å²) in [6, 6.07) is 14.5. The maximum Gasteiger partial charge on any atom is 0.234 e. The number of carbonyl (C=O) groups excluding carboxylic acids is 1. The lowest BCUT2D eigenvalue weighted by Gasteiger charge is -2.33. The molecule has 152 valence electrons. The van der Waals surface area contributed by atoms with Crippen LogP contribution in [-0.4, -0.2) is 40.1 Å². The Bertz CT molecular complexity index is 1280. The van der Waals surface area contributed by atoms with Crippen LogP contribution in [0.25, 0.3) is 21.3 Å². The molecule has 30 heavy (non-hydrogen) atoms. The van der Waals surface area contributed by atoms with Gasteiger partial charge in [-0.1, -0.05) is 29.5 Å². The lowest BCUT2D eigenvalue weighted by atomic mass is 9.97. The third-order valence-electron chi connectivity index (χ3n) is 6.26. The predicted octanol–water partition coefficient (Wildman–Crippen LogP) is 4.22. The minimum Gasteiger partial charge on any atom is -0.347 e. The van der Waals surface area contributed by atoms with Crippen molar-refractivity contribution in [3.63, 3.8) is 0 Å². The first-order chi connectivity index (χ1) is 14.7. The molecule has 6 nitrogen and oxygen atoms in total. The summed E-state index contributed by atoms with van der Waals surface area (Å²) in [7, 11) is 0. The van der Waals surface area contributed by atoms with Crippen molar-refractivity contribution in [1.82, 2.24) is 14.5 Å². The summed E-state index contributed by atoms with van der Waals surface area (Å²) in [5, 5.41) is 1.03. The Kier molecular flexibility index (Phi) is 4.06. The van der Waals surface area contributed by atoms with Crippen molar-refractivity contribution < 1.29 is 4.79 Å². The second kappa shape index (κ2) is 6.80. The van der Waals surface area contributed by atoms with Crippen LogP contribution in [0.3, 0.4) is 0 Å². The van der Waals surface area contributed by atoms with Gasteiger partial charge in [-0.3, -0.25) is 9.69 Å². The fraction of sp³-hybridized carbons (Fsp3) is 0.348. The number of rotatable bonds is 2. The standard InChI is InChI=1S/C23H23N5OS/c1-15-8-9-18-20(13-15)30-23(25-18)26-10-4-5-16(14-26)21(29)28-12-11-27-19-7-3-2-6-17(19)24-22(27)28/h2-3,6-9,13,16H,4-5,10-12,14H2,1H3. The highest BCUT2D eigenvalue weighted by Gasteiger charge is 2.35. The molecule has 1 amide bonds. The van der Waals surface area contributed by atoms with E-state index in [1.807, 2.05) is 23.1 Å². The molecule has 1 fully saturated rings. The molecule has 0 saturated carbocycles. The van der Waals surface area contributed by atoms with Gasteiger partial charge in [0, 0.05) is 26.2 Å². The van der Waals surface area contributed by atoms with Crippen molar-refractivity contribution in [3.05, 3.63) is 48.0 Å². The summed E-state index contributed by atoms with van der Waals surface area (Å²) < 4.78 is 3.38. The van der Waals surface area contributed by atoms with Crippen LogP contribution in [0.1, 0.15) is 18.4 Å². The molecule has 4 heterocycles. The van der Waals surface area contributed by atoms with Gasteiger partial charge in [0.15, 0.2) is 5.13 Å². The van der Waals surface area contributed by atoms with Gasteiger partial charge in [-0.2, -0.15) is 0 Å². The number of nitrogens with zero attached hydrogens (tertiary/aromatic N) is 5. The topological polar surface area (TPSA) is 54.3 Å². The molecule has 0 spiro atoms. The second-order valence-electron chi connectivity index (χ2n) is 8.29. The molecule has 2 aromatic carbocycles. The SMILES string of the molecule is Cc1ccc2nc(N3CCCC(C(=O)N4CCn5c4nc4ccccc45)C3)sc2c1. The van der Waals surface area contributed by atoms with E-state index in [2.05, 4.69) is 40.7 Å². The van der Waals surface area contributed by atoms with Crippen LogP contribution in [-0.2, 0) is 11.3 Å². The largest absolute Gasteiger partial charge is 0.347 e. The molecule has 1 atom stereocenters. The number of imidazole rings is 1. The first-order valence-electron chi connectivity index (χ1n) is 10.6. The quantitative estimate of drug-likeness (QED) is 0.490. The highest BCUT2D eigenvalue weighted by atomic mass is 32.1. The Morgan fingerprint density at radius 1 is 1.07 bits per heavy atom. The van der Waals surface area contributed by atoms with Crippen molar-refractivity contribution >= 4 is 49.6 Å². The van der Waals surface area contributed by atoms with Gasteiger partial charge in [0.05, 0.1) is 27.2 Å². The van der Waals surface area contributed by atoms with Crippen LogP contribution in [0.5, 0.6) is 0 Å². The molecule has 0 aliphatic carbocycles. The molecule has 2 aliphatic rings. The molecule has 6 rings (SSSR count). The van der Waals surface area contributed by atoms with E-state index < -0.39 is 0 Å². The normalized spacial score (nSPS) is 19.0. The van der Waals surface area contributed by atoms with Crippen molar-refractivity contribution in [2.45, 2.75) is 26.3 Å². The van der Waals surface area contributed by atoms with Gasteiger partial charge in [0.25, 0.3) is 0 Å². The van der Waals surface area contributed by atoms with E-state index in [4.69, 9.17) is 9.97 Å². The third-order valence-corrected chi connectivity index (χ3v) is 7.34. The van der Waals surface area contributed by atoms with Gasteiger partial charge in [0.2, 0.25) is 11.9 Å². The van der Waals surface area contributed by atoms with E-state index in [9.17, 15) is 4.79 Å². The summed E-state index contributed by atoms with van der Waals surface area (Å²) in [4.78, 5) is 27.2. The van der Waals surface area contributed by atoms with Crippen molar-refractivity contribution in [2.75, 3.05) is 29.4 Å². The summed E-state index contributed by atoms with van der Waals surface area (Å²) in [5.41, 5.74) is 4.36. The maximum atomic E-state index is 13.5. The molecule has 0 radical (unpaired) electrons. The van der Waals surface area contributed by atoms with Crippen LogP contribution in [0.15, 0.2) is 42.5 Å². The van der Waals surface area contributed by atoms with Crippen molar-refractivity contribution in [2.24, 2.45) is 5.92 Å². The predicted molar refractivity (Wildman–Crippen MR) is 121 cm³/mol. The van der Waals surface area contributed by atoms with Gasteiger partial charge in [0.1, 0.15) is 0 Å². The van der Waals surface area contributed by atoms with E-state index in [-0.39, 0.29) is 11.8 Å². The van der Waals surface area contributed by atoms with E-state index in [1.165, 1.54) is 10.3 Å². The molecule has 4 aromatic rings. The number of fused-ring (bicyclic) bond motifs is 4. The summed E-state index contributed by atoms with van der Waals surface area (Å²) in [6.07, 6.45) is 1.94. The molecular formula is C23H23N5OS. The Balaban J connectivity index is 1.26. The minimum atomic E-state index is -0.0149.